The van der Waals surface area contributed by atoms with Crippen LogP contribution in [0.25, 0.3) is 28.0 Å². The molecular weight excluding hydrogens is 873 g/mol. The molecule has 19 heteroatoms. The number of fused-ring (bicyclic) bond motifs is 1. The number of hydrogen-bond acceptors (Lipinski definition) is 14. The number of nitrogens with one attached hydrogen (secondary N) is 2. The number of aromatic nitrogens is 6. The maximum atomic E-state index is 15.4. The van der Waals surface area contributed by atoms with E-state index < -0.39 is 36.2 Å². The Labute approximate surface area is 392 Å². The van der Waals surface area contributed by atoms with Gasteiger partial charge in [0.1, 0.15) is 41.1 Å². The zero-order chi connectivity index (χ0) is 46.9. The Balaban J connectivity index is 0.755. The molecular formula is C49H55F2N13O4. The zero-order valence-electron chi connectivity index (χ0n) is 37.8. The lowest BCUT2D eigenvalue weighted by Gasteiger charge is -2.42. The van der Waals surface area contributed by atoms with Gasteiger partial charge in [-0.05, 0) is 68.4 Å². The number of aliphatic hydroxyl groups is 2. The molecule has 1 saturated carbocycles. The number of carbonyl (C=O) groups excluding carboxylic acids is 1. The van der Waals surface area contributed by atoms with Gasteiger partial charge in [0.15, 0.2) is 17.7 Å². The van der Waals surface area contributed by atoms with Gasteiger partial charge in [0.05, 0.1) is 42.1 Å². The van der Waals surface area contributed by atoms with Gasteiger partial charge in [0.25, 0.3) is 5.91 Å². The minimum absolute atomic E-state index is 0.0306. The summed E-state index contributed by atoms with van der Waals surface area (Å²) < 4.78 is 40.2. The number of benzene rings is 2. The molecule has 17 nitrogen and oxygen atoms in total. The quantitative estimate of drug-likeness (QED) is 0.137. The first kappa shape index (κ1) is 45.2. The zero-order valence-corrected chi connectivity index (χ0v) is 37.8. The number of rotatable bonds is 11. The molecule has 3 aliphatic heterocycles. The number of amides is 1. The lowest BCUT2D eigenvalue weighted by Crippen LogP contribution is -2.53. The van der Waals surface area contributed by atoms with Crippen LogP contribution >= 0.6 is 0 Å². The molecule has 3 saturated heterocycles. The van der Waals surface area contributed by atoms with Gasteiger partial charge in [0, 0.05) is 94.7 Å². The van der Waals surface area contributed by atoms with E-state index in [1.54, 1.807) is 28.9 Å². The molecule has 0 radical (unpaired) electrons. The molecule has 1 aliphatic carbocycles. The maximum Gasteiger partial charge on any atom is 0.256 e. The van der Waals surface area contributed by atoms with E-state index in [1.807, 2.05) is 70.6 Å². The molecule has 7 heterocycles. The highest BCUT2D eigenvalue weighted by Crippen LogP contribution is 2.36. The molecule has 4 aromatic heterocycles. The molecule has 4 fully saturated rings. The van der Waals surface area contributed by atoms with Crippen LogP contribution in [0.3, 0.4) is 0 Å². The van der Waals surface area contributed by atoms with Crippen LogP contribution in [0.5, 0.6) is 0 Å². The summed E-state index contributed by atoms with van der Waals surface area (Å²) in [6, 6.07) is 18.3. The normalized spacial score (nSPS) is 23.1. The summed E-state index contributed by atoms with van der Waals surface area (Å²) in [6.45, 7) is 4.71. The van der Waals surface area contributed by atoms with Crippen molar-refractivity contribution < 1.29 is 28.5 Å². The fourth-order valence-corrected chi connectivity index (χ4v) is 10.4. The van der Waals surface area contributed by atoms with E-state index in [0.717, 1.165) is 48.2 Å². The molecule has 4 atom stereocenters. The second kappa shape index (κ2) is 19.6. The van der Waals surface area contributed by atoms with E-state index in [0.29, 0.717) is 93.7 Å². The van der Waals surface area contributed by atoms with Crippen LogP contribution in [0.2, 0.25) is 0 Å². The predicted molar refractivity (Wildman–Crippen MR) is 250 cm³/mol. The first-order chi connectivity index (χ1) is 33.1. The summed E-state index contributed by atoms with van der Waals surface area (Å²) in [7, 11) is 1.56. The van der Waals surface area contributed by atoms with Crippen LogP contribution in [0.4, 0.5) is 26.0 Å². The highest BCUT2D eigenvalue weighted by Gasteiger charge is 2.33. The summed E-state index contributed by atoms with van der Waals surface area (Å²) in [5.41, 5.74) is 4.85. The predicted octanol–water partition coefficient (Wildman–Crippen LogP) is 4.95. The van der Waals surface area contributed by atoms with Crippen LogP contribution in [0, 0.1) is 23.0 Å². The number of pyridine rings is 1. The Morgan fingerprint density at radius 3 is 2.24 bits per heavy atom. The van der Waals surface area contributed by atoms with E-state index in [2.05, 4.69) is 31.6 Å². The molecule has 0 spiro atoms. The fourth-order valence-electron chi connectivity index (χ4n) is 10.4. The Kier molecular flexibility index (Phi) is 13.0. The lowest BCUT2D eigenvalue weighted by atomic mass is 9.90. The second-order valence-electron chi connectivity index (χ2n) is 18.1. The van der Waals surface area contributed by atoms with E-state index in [4.69, 9.17) is 19.8 Å². The minimum Gasteiger partial charge on any atom is -0.379 e. The molecule has 6 aromatic rings. The molecule has 2 aromatic carbocycles. The third-order valence-electron chi connectivity index (χ3n) is 14.1. The van der Waals surface area contributed by atoms with E-state index in [9.17, 15) is 20.3 Å². The highest BCUT2D eigenvalue weighted by atomic mass is 19.1. The van der Waals surface area contributed by atoms with Crippen LogP contribution in [-0.4, -0.2) is 139 Å². The van der Waals surface area contributed by atoms with E-state index >= 15 is 8.78 Å². The average molecular weight is 928 g/mol. The Hall–Kier alpha value is -6.56. The van der Waals surface area contributed by atoms with E-state index in [1.165, 1.54) is 12.1 Å². The van der Waals surface area contributed by atoms with Gasteiger partial charge in [-0.2, -0.15) is 15.5 Å². The summed E-state index contributed by atoms with van der Waals surface area (Å²) >= 11 is 0. The molecule has 354 valence electrons. The number of nitrogens with zero attached hydrogens (tertiary/aromatic N) is 11. The highest BCUT2D eigenvalue weighted by molar-refractivity contribution is 5.84. The van der Waals surface area contributed by atoms with Crippen molar-refractivity contribution in [1.29, 1.82) is 5.26 Å². The van der Waals surface area contributed by atoms with Gasteiger partial charge in [0.2, 0.25) is 0 Å². The third kappa shape index (κ3) is 9.21. The Bertz CT molecular complexity index is 2740. The molecule has 1 amide bonds. The average Bonchev–Trinajstić information content (AvgIpc) is 4.04. The summed E-state index contributed by atoms with van der Waals surface area (Å²) in [4.78, 5) is 31.5. The van der Waals surface area contributed by atoms with Crippen molar-refractivity contribution in [3.05, 3.63) is 108 Å². The number of anilines is 3. The van der Waals surface area contributed by atoms with Crippen LogP contribution in [-0.2, 0) is 9.53 Å². The van der Waals surface area contributed by atoms with Crippen molar-refractivity contribution in [2.45, 2.75) is 75.2 Å². The number of nitriles is 1. The van der Waals surface area contributed by atoms with Crippen molar-refractivity contribution in [2.24, 2.45) is 0 Å². The SMILES string of the molecule is CO[C@@H](C(=O)N1CCN(c2ccc(-c3nc(-c4cnn(C5CCC(N6CCN(c7c(F)cc(N[C@H]8CC[C@H](O)N[C@H]8O)cc7F)CC6)CC5)c4)cn4ncc(C#N)c34)cn2)CC1)c1ccccc1. The van der Waals surface area contributed by atoms with Crippen molar-refractivity contribution in [2.75, 3.05) is 74.6 Å². The molecule has 68 heavy (non-hydrogen) atoms. The number of piperidine rings is 1. The number of methoxy groups -OCH3 is 1. The molecule has 4 aliphatic rings. The summed E-state index contributed by atoms with van der Waals surface area (Å²) in [5.74, 6) is -0.567. The van der Waals surface area contributed by atoms with E-state index in [-0.39, 0.29) is 23.3 Å². The molecule has 4 N–H and O–H groups in total. The molecule has 0 bridgehead atoms. The van der Waals surface area contributed by atoms with Crippen LogP contribution in [0.1, 0.15) is 61.8 Å². The van der Waals surface area contributed by atoms with Crippen molar-refractivity contribution in [3.63, 3.8) is 0 Å². The summed E-state index contributed by atoms with van der Waals surface area (Å²) in [6.07, 6.45) is 11.2. The van der Waals surface area contributed by atoms with Gasteiger partial charge in [-0.25, -0.2) is 23.3 Å². The van der Waals surface area contributed by atoms with Gasteiger partial charge >= 0.3 is 0 Å². The van der Waals surface area contributed by atoms with Crippen molar-refractivity contribution in [1.82, 2.24) is 44.5 Å². The smallest absolute Gasteiger partial charge is 0.256 e. The Morgan fingerprint density at radius 2 is 1.56 bits per heavy atom. The number of hydrogen-bond donors (Lipinski definition) is 4. The maximum absolute atomic E-state index is 15.4. The van der Waals surface area contributed by atoms with Crippen LogP contribution < -0.4 is 20.4 Å². The first-order valence-corrected chi connectivity index (χ1v) is 23.4. The standard InChI is InChI=1S/C49H55F2N13O4/c1-68-47(31-5-3-2-4-6-31)49(67)62-21-17-60(18-22-62)42-13-7-32(26-53-42)44-45-33(25-52)27-55-64(45)30-41(57-44)34-28-54-63(29-34)37-10-8-36(9-11-37)59-15-19-61(20-16-59)46-38(50)23-35(24-39(46)51)56-40-12-14-43(65)58-48(40)66/h2-7,13,23-24,26-30,36-37,40,43,47-48,56,58,65-66H,8-12,14-22H2,1H3/t36?,37?,40-,43-,47+,48-/m0/s1. The number of halogens is 2. The number of aliphatic hydroxyl groups excluding tert-OH is 2. The topological polar surface area (TPSA) is 188 Å². The molecule has 10 rings (SSSR count). The van der Waals surface area contributed by atoms with Gasteiger partial charge in [-0.1, -0.05) is 30.3 Å². The fraction of sp³-hybridized carbons (Fsp3) is 0.429. The van der Waals surface area contributed by atoms with Gasteiger partial charge < -0.3 is 35.0 Å². The number of carbonyl (C=O) groups is 1. The van der Waals surface area contributed by atoms with Gasteiger partial charge in [-0.15, -0.1) is 0 Å². The third-order valence-corrected chi connectivity index (χ3v) is 14.1. The lowest BCUT2D eigenvalue weighted by molar-refractivity contribution is -0.142. The second-order valence-corrected chi connectivity index (χ2v) is 18.1. The largest absolute Gasteiger partial charge is 0.379 e. The van der Waals surface area contributed by atoms with Crippen molar-refractivity contribution >= 4 is 28.6 Å². The van der Waals surface area contributed by atoms with Gasteiger partial charge in [-0.3, -0.25) is 19.7 Å². The monoisotopic (exact) mass is 927 g/mol. The van der Waals surface area contributed by atoms with Crippen molar-refractivity contribution in [3.8, 4) is 28.6 Å². The Morgan fingerprint density at radius 1 is 0.838 bits per heavy atom. The minimum atomic E-state index is -1.03. The summed E-state index contributed by atoms with van der Waals surface area (Å²) in [5, 5.41) is 44.9. The number of ether oxygens (including phenoxy) is 1. The first-order valence-electron chi connectivity index (χ1n) is 23.4. The number of piperazine rings is 2. The van der Waals surface area contributed by atoms with Crippen LogP contribution in [0.15, 0.2) is 85.6 Å². The molecule has 0 unspecified atom stereocenters.